The van der Waals surface area contributed by atoms with Gasteiger partial charge < -0.3 is 19.3 Å². The summed E-state index contributed by atoms with van der Waals surface area (Å²) in [4.78, 5) is 35.3. The van der Waals surface area contributed by atoms with Crippen LogP contribution in [-0.4, -0.2) is 45.5 Å². The molecule has 24 heavy (non-hydrogen) atoms. The highest BCUT2D eigenvalue weighted by molar-refractivity contribution is 6.06. The molecule has 0 aliphatic rings. The molecular weight excluding hydrogens is 318 g/mol. The number of fused-ring (bicyclic) bond motifs is 1. The second-order valence-electron chi connectivity index (χ2n) is 5.61. The lowest BCUT2D eigenvalue weighted by atomic mass is 10.1. The number of nitro groups is 1. The van der Waals surface area contributed by atoms with E-state index >= 15 is 0 Å². The lowest BCUT2D eigenvalue weighted by Crippen LogP contribution is -2.16. The van der Waals surface area contributed by atoms with E-state index in [-0.39, 0.29) is 16.7 Å². The number of hydrogen-bond donors (Lipinski definition) is 1. The molecule has 0 radical (unpaired) electrons. The zero-order chi connectivity index (χ0) is 18.2. The minimum absolute atomic E-state index is 0.0319. The Morgan fingerprint density at radius 2 is 2.00 bits per heavy atom. The van der Waals surface area contributed by atoms with Gasteiger partial charge >= 0.3 is 17.6 Å². The number of benzene rings is 1. The molecule has 0 aliphatic heterocycles. The van der Waals surface area contributed by atoms with Crippen molar-refractivity contribution in [3.05, 3.63) is 33.5 Å². The average molecular weight is 335 g/mol. The highest BCUT2D eigenvalue weighted by Crippen LogP contribution is 2.36. The molecule has 0 spiro atoms. The predicted molar refractivity (Wildman–Crippen MR) is 85.2 cm³/mol. The van der Waals surface area contributed by atoms with Gasteiger partial charge in [0.05, 0.1) is 16.0 Å². The van der Waals surface area contributed by atoms with Crippen LogP contribution in [0.2, 0.25) is 0 Å². The Balaban J connectivity index is 2.86. The number of carbonyl (C=O) groups excluding carboxylic acids is 1. The molecule has 2 rings (SSSR count). The number of carboxylic acids is 1. The quantitative estimate of drug-likeness (QED) is 0.383. The molecule has 0 aliphatic carbocycles. The van der Waals surface area contributed by atoms with Crippen LogP contribution in [0.5, 0.6) is 5.75 Å². The van der Waals surface area contributed by atoms with Crippen molar-refractivity contribution in [2.45, 2.75) is 13.5 Å². The highest BCUT2D eigenvalue weighted by atomic mass is 16.6. The van der Waals surface area contributed by atoms with Crippen LogP contribution >= 0.6 is 0 Å². The minimum atomic E-state index is -1.15. The van der Waals surface area contributed by atoms with Gasteiger partial charge in [-0.15, -0.1) is 0 Å². The minimum Gasteiger partial charge on any atom is -0.478 e. The molecular formula is C15H17N3O6. The molecule has 0 saturated carbocycles. The Hall–Kier alpha value is -2.94. The van der Waals surface area contributed by atoms with Crippen molar-refractivity contribution in [2.75, 3.05) is 14.1 Å². The molecule has 0 atom stereocenters. The maximum absolute atomic E-state index is 11.7. The van der Waals surface area contributed by atoms with E-state index in [1.165, 1.54) is 12.1 Å². The van der Waals surface area contributed by atoms with E-state index in [1.807, 2.05) is 0 Å². The third-order valence-corrected chi connectivity index (χ3v) is 3.53. The van der Waals surface area contributed by atoms with Crippen LogP contribution in [0.1, 0.15) is 23.0 Å². The van der Waals surface area contributed by atoms with Crippen LogP contribution in [0.15, 0.2) is 12.1 Å². The van der Waals surface area contributed by atoms with Crippen molar-refractivity contribution in [3.63, 3.8) is 0 Å². The van der Waals surface area contributed by atoms with E-state index in [1.54, 1.807) is 30.6 Å². The lowest BCUT2D eigenvalue weighted by Gasteiger charge is -2.11. The number of ether oxygens (including phenoxy) is 1. The summed E-state index contributed by atoms with van der Waals surface area (Å²) >= 11 is 0. The standard InChI is InChI=1S/C15H17N3O6/c1-8(19)24-13-5-9-10(6-11(13)18(22)23)17(4)12(7-16(2)3)14(9)15(20)21/h5-6H,7H2,1-4H3,(H,20,21). The number of carboxylic acid groups (broad SMARTS) is 1. The van der Waals surface area contributed by atoms with Gasteiger partial charge in [0.1, 0.15) is 0 Å². The fraction of sp³-hybridized carbons (Fsp3) is 0.333. The molecule has 0 saturated heterocycles. The van der Waals surface area contributed by atoms with Gasteiger partial charge in [-0.2, -0.15) is 0 Å². The van der Waals surface area contributed by atoms with Gasteiger partial charge in [0.15, 0.2) is 0 Å². The summed E-state index contributed by atoms with van der Waals surface area (Å²) in [7, 11) is 5.22. The van der Waals surface area contributed by atoms with Gasteiger partial charge in [0.25, 0.3) is 0 Å². The van der Waals surface area contributed by atoms with Gasteiger partial charge in [-0.3, -0.25) is 14.9 Å². The van der Waals surface area contributed by atoms with Crippen molar-refractivity contribution >= 4 is 28.5 Å². The molecule has 1 N–H and O–H groups in total. The van der Waals surface area contributed by atoms with Crippen LogP contribution in [-0.2, 0) is 18.4 Å². The molecule has 128 valence electrons. The van der Waals surface area contributed by atoms with E-state index < -0.39 is 22.5 Å². The van der Waals surface area contributed by atoms with Crippen molar-refractivity contribution in [3.8, 4) is 5.75 Å². The largest absolute Gasteiger partial charge is 0.478 e. The van der Waals surface area contributed by atoms with Gasteiger partial charge in [-0.1, -0.05) is 0 Å². The number of aromatic carboxylic acids is 1. The molecule has 0 unspecified atom stereocenters. The number of esters is 1. The fourth-order valence-electron chi connectivity index (χ4n) is 2.61. The number of aromatic nitrogens is 1. The summed E-state index contributed by atoms with van der Waals surface area (Å²) in [6, 6.07) is 2.46. The van der Waals surface area contributed by atoms with E-state index in [2.05, 4.69) is 0 Å². The lowest BCUT2D eigenvalue weighted by molar-refractivity contribution is -0.385. The topological polar surface area (TPSA) is 115 Å². The fourth-order valence-corrected chi connectivity index (χ4v) is 2.61. The zero-order valence-corrected chi connectivity index (χ0v) is 13.7. The first-order valence-corrected chi connectivity index (χ1v) is 6.99. The third kappa shape index (κ3) is 3.06. The Morgan fingerprint density at radius 3 is 2.46 bits per heavy atom. The first kappa shape index (κ1) is 17.4. The van der Waals surface area contributed by atoms with Gasteiger partial charge in [-0.05, 0) is 20.2 Å². The predicted octanol–water partition coefficient (Wildman–Crippen LogP) is 1.77. The maximum atomic E-state index is 11.7. The molecule has 1 aromatic heterocycles. The summed E-state index contributed by atoms with van der Waals surface area (Å²) in [5.41, 5.74) is 0.514. The number of rotatable bonds is 5. The second kappa shape index (κ2) is 6.28. The second-order valence-corrected chi connectivity index (χ2v) is 5.61. The Labute approximate surface area is 137 Å². The number of nitro benzene ring substituents is 1. The van der Waals surface area contributed by atoms with E-state index in [4.69, 9.17) is 4.74 Å². The average Bonchev–Trinajstić information content (AvgIpc) is 2.69. The summed E-state index contributed by atoms with van der Waals surface area (Å²) in [6.45, 7) is 1.46. The first-order chi connectivity index (χ1) is 11.1. The Bertz CT molecular complexity index is 853. The van der Waals surface area contributed by atoms with Crippen LogP contribution in [0.4, 0.5) is 5.69 Å². The van der Waals surface area contributed by atoms with Crippen molar-refractivity contribution < 1.29 is 24.4 Å². The van der Waals surface area contributed by atoms with E-state index in [0.29, 0.717) is 17.8 Å². The van der Waals surface area contributed by atoms with Crippen molar-refractivity contribution in [1.29, 1.82) is 0 Å². The smallest absolute Gasteiger partial charge is 0.338 e. The van der Waals surface area contributed by atoms with E-state index in [0.717, 1.165) is 6.92 Å². The number of aryl methyl sites for hydroxylation is 1. The van der Waals surface area contributed by atoms with Crippen LogP contribution < -0.4 is 4.74 Å². The van der Waals surface area contributed by atoms with Gasteiger partial charge in [0, 0.05) is 37.7 Å². The third-order valence-electron chi connectivity index (χ3n) is 3.53. The Kier molecular flexibility index (Phi) is 4.56. The molecule has 9 heteroatoms. The Morgan fingerprint density at radius 1 is 1.38 bits per heavy atom. The van der Waals surface area contributed by atoms with E-state index in [9.17, 15) is 24.8 Å². The number of carbonyl (C=O) groups is 2. The van der Waals surface area contributed by atoms with Gasteiger partial charge in [0.2, 0.25) is 5.75 Å². The highest BCUT2D eigenvalue weighted by Gasteiger charge is 2.26. The molecule has 1 aromatic carbocycles. The van der Waals surface area contributed by atoms with Crippen LogP contribution in [0.25, 0.3) is 10.9 Å². The summed E-state index contributed by atoms with van der Waals surface area (Å²) in [5.74, 6) is -2.15. The van der Waals surface area contributed by atoms with Crippen molar-refractivity contribution in [1.82, 2.24) is 9.47 Å². The summed E-state index contributed by atoms with van der Waals surface area (Å²) in [5, 5.41) is 21.1. The summed E-state index contributed by atoms with van der Waals surface area (Å²) < 4.78 is 6.49. The zero-order valence-electron chi connectivity index (χ0n) is 13.7. The molecule has 0 fully saturated rings. The number of hydrogen-bond acceptors (Lipinski definition) is 6. The molecule has 2 aromatic rings. The van der Waals surface area contributed by atoms with Crippen molar-refractivity contribution in [2.24, 2.45) is 7.05 Å². The number of nitrogens with zero attached hydrogens (tertiary/aromatic N) is 3. The normalized spacial score (nSPS) is 11.0. The van der Waals surface area contributed by atoms with Crippen LogP contribution in [0.3, 0.4) is 0 Å². The molecule has 0 bridgehead atoms. The monoisotopic (exact) mass is 335 g/mol. The molecule has 1 heterocycles. The SMILES string of the molecule is CC(=O)Oc1cc2c(C(=O)O)c(CN(C)C)n(C)c2cc1[N+](=O)[O-]. The summed E-state index contributed by atoms with van der Waals surface area (Å²) in [6.07, 6.45) is 0. The van der Waals surface area contributed by atoms with Crippen LogP contribution in [0, 0.1) is 10.1 Å². The molecule has 9 nitrogen and oxygen atoms in total. The maximum Gasteiger partial charge on any atom is 0.338 e. The first-order valence-electron chi connectivity index (χ1n) is 6.99. The van der Waals surface area contributed by atoms with Gasteiger partial charge in [-0.25, -0.2) is 4.79 Å². The molecule has 0 amide bonds.